The number of carbonyl (C=O) groups is 2. The Kier molecular flexibility index (Phi) is 9.82. The highest BCUT2D eigenvalue weighted by atomic mass is 16.6. The second-order valence-corrected chi connectivity index (χ2v) is 11.8. The van der Waals surface area contributed by atoms with Crippen LogP contribution in [0.25, 0.3) is 11.1 Å². The van der Waals surface area contributed by atoms with Crippen molar-refractivity contribution in [2.45, 2.75) is 83.0 Å². The fourth-order valence-electron chi connectivity index (χ4n) is 5.26. The van der Waals surface area contributed by atoms with Gasteiger partial charge in [-0.25, -0.2) is 4.79 Å². The highest BCUT2D eigenvalue weighted by Gasteiger charge is 2.42. The van der Waals surface area contributed by atoms with Crippen LogP contribution in [0.5, 0.6) is 0 Å². The Morgan fingerprint density at radius 1 is 1.10 bits per heavy atom. The van der Waals surface area contributed by atoms with Gasteiger partial charge in [-0.3, -0.25) is 14.4 Å². The lowest BCUT2D eigenvalue weighted by atomic mass is 9.80. The number of alkyl carbamates (subject to hydrolysis) is 1. The molecule has 10 heteroatoms. The molecule has 40 heavy (non-hydrogen) atoms. The van der Waals surface area contributed by atoms with E-state index in [9.17, 15) is 14.9 Å². The van der Waals surface area contributed by atoms with Gasteiger partial charge in [-0.2, -0.15) is 10.4 Å². The molecule has 1 aliphatic carbocycles. The molecule has 1 saturated heterocycles. The van der Waals surface area contributed by atoms with Gasteiger partial charge in [0.15, 0.2) is 0 Å². The molecule has 1 atom stereocenters. The van der Waals surface area contributed by atoms with Gasteiger partial charge in [0.1, 0.15) is 17.2 Å². The molecule has 2 heterocycles. The van der Waals surface area contributed by atoms with Crippen LogP contribution in [0.15, 0.2) is 36.7 Å². The zero-order chi connectivity index (χ0) is 28.6. The highest BCUT2D eigenvalue weighted by molar-refractivity contribution is 5.90. The van der Waals surface area contributed by atoms with E-state index < -0.39 is 23.3 Å². The summed E-state index contributed by atoms with van der Waals surface area (Å²) in [6.45, 7) is 10.6. The van der Waals surface area contributed by atoms with Gasteiger partial charge in [0.2, 0.25) is 5.91 Å². The molecule has 0 spiro atoms. The predicted molar refractivity (Wildman–Crippen MR) is 151 cm³/mol. The molecule has 2 aliphatic rings. The predicted octanol–water partition coefficient (Wildman–Crippen LogP) is 3.66. The van der Waals surface area contributed by atoms with Crippen LogP contribution in [0, 0.1) is 11.3 Å². The van der Waals surface area contributed by atoms with Crippen LogP contribution >= 0.6 is 0 Å². The Hall–Kier alpha value is -3.42. The molecule has 2 amide bonds. The first-order valence-corrected chi connectivity index (χ1v) is 14.3. The number of hydrogen-bond acceptors (Lipinski definition) is 7. The molecule has 1 aromatic heterocycles. The largest absolute Gasteiger partial charge is 0.444 e. The van der Waals surface area contributed by atoms with E-state index in [4.69, 9.17) is 9.47 Å². The highest BCUT2D eigenvalue weighted by Crippen LogP contribution is 2.29. The summed E-state index contributed by atoms with van der Waals surface area (Å²) in [4.78, 5) is 28.4. The van der Waals surface area contributed by atoms with Crippen molar-refractivity contribution in [2.24, 2.45) is 0 Å². The van der Waals surface area contributed by atoms with E-state index in [0.717, 1.165) is 75.3 Å². The zero-order valence-electron chi connectivity index (χ0n) is 23.9. The van der Waals surface area contributed by atoms with Crippen molar-refractivity contribution in [3.63, 3.8) is 0 Å². The third kappa shape index (κ3) is 8.29. The minimum atomic E-state index is -1.07. The summed E-state index contributed by atoms with van der Waals surface area (Å²) in [5, 5.41) is 20.1. The molecule has 2 fully saturated rings. The smallest absolute Gasteiger partial charge is 0.408 e. The summed E-state index contributed by atoms with van der Waals surface area (Å²) in [5.41, 5.74) is 1.28. The number of nitrogens with one attached hydrogen (secondary N) is 2. The van der Waals surface area contributed by atoms with Crippen molar-refractivity contribution in [2.75, 3.05) is 32.8 Å². The molecule has 0 radical (unpaired) electrons. The number of benzene rings is 1. The first-order chi connectivity index (χ1) is 19.2. The van der Waals surface area contributed by atoms with Crippen molar-refractivity contribution in [3.05, 3.63) is 42.2 Å². The molecule has 1 aromatic carbocycles. The molecule has 10 nitrogen and oxygen atoms in total. The second-order valence-electron chi connectivity index (χ2n) is 11.8. The Morgan fingerprint density at radius 2 is 1.80 bits per heavy atom. The van der Waals surface area contributed by atoms with Crippen molar-refractivity contribution < 1.29 is 19.1 Å². The number of hydrogen-bond donors (Lipinski definition) is 2. The molecule has 4 rings (SSSR count). The summed E-state index contributed by atoms with van der Waals surface area (Å²) in [7, 11) is 0. The Bertz CT molecular complexity index is 1170. The van der Waals surface area contributed by atoms with Crippen LogP contribution in [0.1, 0.15) is 58.4 Å². The van der Waals surface area contributed by atoms with E-state index in [1.54, 1.807) is 20.8 Å². The maximum absolute atomic E-state index is 13.4. The molecule has 2 aromatic rings. The number of nitrogens with zero attached hydrogens (tertiary/aromatic N) is 4. The summed E-state index contributed by atoms with van der Waals surface area (Å²) < 4.78 is 12.8. The van der Waals surface area contributed by atoms with E-state index in [1.165, 1.54) is 0 Å². The molecule has 1 aliphatic heterocycles. The minimum Gasteiger partial charge on any atom is -0.444 e. The number of ether oxygens (including phenoxy) is 2. The second kappa shape index (κ2) is 13.3. The fraction of sp³-hybridized carbons (Fsp3) is 0.600. The van der Waals surface area contributed by atoms with Gasteiger partial charge in [-0.15, -0.1) is 0 Å². The number of amides is 2. The van der Waals surface area contributed by atoms with E-state index in [0.29, 0.717) is 19.3 Å². The SMILES string of the molecule is CC(C)(C)OC(=O)NC1(C(=O)N[C@H](C#N)Cc2ccc(-c3cnn(CCN4CCOCC4)c3)cc2)CCCCC1. The van der Waals surface area contributed by atoms with Crippen LogP contribution in [-0.4, -0.2) is 76.7 Å². The van der Waals surface area contributed by atoms with Crippen LogP contribution < -0.4 is 10.6 Å². The summed E-state index contributed by atoms with van der Waals surface area (Å²) in [5.74, 6) is -0.328. The molecular formula is C30H42N6O4. The van der Waals surface area contributed by atoms with Gasteiger partial charge in [0.05, 0.1) is 32.0 Å². The molecule has 1 saturated carbocycles. The van der Waals surface area contributed by atoms with Crippen molar-refractivity contribution in [3.8, 4) is 17.2 Å². The fourth-order valence-corrected chi connectivity index (χ4v) is 5.26. The average molecular weight is 551 g/mol. The number of aromatic nitrogens is 2. The average Bonchev–Trinajstić information content (AvgIpc) is 3.41. The standard InChI is InChI=1S/C30H42N6O4/c1-29(2,3)40-28(38)34-30(11-5-4-6-12-30)27(37)33-26(20-31)19-23-7-9-24(10-8-23)25-21-32-36(22-25)14-13-35-15-17-39-18-16-35/h7-10,21-22,26H,4-6,11-19H2,1-3H3,(H,33,37)(H,34,38)/t26-/m0/s1. The summed E-state index contributed by atoms with van der Waals surface area (Å²) in [6.07, 6.45) is 7.37. The number of carbonyl (C=O) groups excluding carboxylic acids is 2. The lowest BCUT2D eigenvalue weighted by Crippen LogP contribution is -2.61. The maximum atomic E-state index is 13.4. The number of morpholine rings is 1. The van der Waals surface area contributed by atoms with Gasteiger partial charge in [-0.05, 0) is 44.7 Å². The first-order valence-electron chi connectivity index (χ1n) is 14.3. The zero-order valence-corrected chi connectivity index (χ0v) is 23.9. The van der Waals surface area contributed by atoms with E-state index in [2.05, 4.69) is 32.9 Å². The van der Waals surface area contributed by atoms with Crippen molar-refractivity contribution >= 4 is 12.0 Å². The van der Waals surface area contributed by atoms with Gasteiger partial charge in [0, 0.05) is 37.8 Å². The first kappa shape index (κ1) is 29.6. The lowest BCUT2D eigenvalue weighted by molar-refractivity contribution is -0.129. The normalized spacial score (nSPS) is 18.4. The molecular weight excluding hydrogens is 508 g/mol. The molecule has 216 valence electrons. The summed E-state index contributed by atoms with van der Waals surface area (Å²) in [6, 6.07) is 9.48. The monoisotopic (exact) mass is 550 g/mol. The van der Waals surface area contributed by atoms with Gasteiger partial charge < -0.3 is 20.1 Å². The lowest BCUT2D eigenvalue weighted by Gasteiger charge is -2.37. The van der Waals surface area contributed by atoms with Gasteiger partial charge in [0.25, 0.3) is 0 Å². The van der Waals surface area contributed by atoms with Crippen LogP contribution in [-0.2, 0) is 27.2 Å². The van der Waals surface area contributed by atoms with E-state index in [1.807, 2.05) is 35.1 Å². The molecule has 2 N–H and O–H groups in total. The summed E-state index contributed by atoms with van der Waals surface area (Å²) >= 11 is 0. The van der Waals surface area contributed by atoms with Gasteiger partial charge in [-0.1, -0.05) is 43.5 Å². The Balaban J connectivity index is 1.34. The molecule has 0 unspecified atom stereocenters. The topological polar surface area (TPSA) is 122 Å². The quantitative estimate of drug-likeness (QED) is 0.489. The molecule has 0 bridgehead atoms. The third-order valence-electron chi connectivity index (χ3n) is 7.45. The van der Waals surface area contributed by atoms with Crippen LogP contribution in [0.4, 0.5) is 4.79 Å². The minimum absolute atomic E-state index is 0.328. The van der Waals surface area contributed by atoms with E-state index >= 15 is 0 Å². The van der Waals surface area contributed by atoms with Crippen molar-refractivity contribution in [1.29, 1.82) is 5.26 Å². The van der Waals surface area contributed by atoms with Gasteiger partial charge >= 0.3 is 6.09 Å². The van der Waals surface area contributed by atoms with Crippen LogP contribution in [0.3, 0.4) is 0 Å². The maximum Gasteiger partial charge on any atom is 0.408 e. The van der Waals surface area contributed by atoms with E-state index in [-0.39, 0.29) is 5.91 Å². The van der Waals surface area contributed by atoms with Crippen LogP contribution in [0.2, 0.25) is 0 Å². The number of rotatable bonds is 9. The Labute approximate surface area is 237 Å². The van der Waals surface area contributed by atoms with Crippen molar-refractivity contribution in [1.82, 2.24) is 25.3 Å². The Morgan fingerprint density at radius 3 is 2.45 bits per heavy atom. The third-order valence-corrected chi connectivity index (χ3v) is 7.45. The number of nitriles is 1.